The third-order valence-electron chi connectivity index (χ3n) is 3.61. The van der Waals surface area contributed by atoms with Crippen molar-refractivity contribution < 1.29 is 9.90 Å². The number of benzene rings is 1. The van der Waals surface area contributed by atoms with Gasteiger partial charge in [0.2, 0.25) is 0 Å². The van der Waals surface area contributed by atoms with Gasteiger partial charge >= 0.3 is 0 Å². The molecule has 1 amide bonds. The van der Waals surface area contributed by atoms with Crippen LogP contribution in [0, 0.1) is 6.92 Å². The van der Waals surface area contributed by atoms with Crippen molar-refractivity contribution in [3.05, 3.63) is 57.5 Å². The zero-order chi connectivity index (χ0) is 16.4. The molecule has 0 saturated heterocycles. The van der Waals surface area contributed by atoms with E-state index >= 15 is 0 Å². The summed E-state index contributed by atoms with van der Waals surface area (Å²) in [7, 11) is 1.63. The highest BCUT2D eigenvalue weighted by Crippen LogP contribution is 2.31. The zero-order valence-corrected chi connectivity index (χ0v) is 13.2. The molecule has 0 spiro atoms. The maximum Gasteiger partial charge on any atom is 0.255 e. The summed E-state index contributed by atoms with van der Waals surface area (Å²) in [5, 5.41) is 12.7. The van der Waals surface area contributed by atoms with Gasteiger partial charge in [0.05, 0.1) is 0 Å². The number of nitrogens with one attached hydrogen (secondary N) is 1. The molecule has 0 radical (unpaired) electrons. The van der Waals surface area contributed by atoms with Gasteiger partial charge in [0.1, 0.15) is 5.75 Å². The molecule has 1 aromatic heterocycles. The molecular weight excluding hydrogens is 280 g/mol. The van der Waals surface area contributed by atoms with Crippen LogP contribution in [-0.2, 0) is 7.05 Å². The van der Waals surface area contributed by atoms with Crippen LogP contribution in [0.1, 0.15) is 41.3 Å². The van der Waals surface area contributed by atoms with E-state index in [1.807, 2.05) is 20.8 Å². The van der Waals surface area contributed by atoms with Gasteiger partial charge in [-0.25, -0.2) is 0 Å². The molecule has 0 saturated carbocycles. The van der Waals surface area contributed by atoms with Crippen LogP contribution in [0.25, 0.3) is 0 Å². The molecule has 2 rings (SSSR count). The van der Waals surface area contributed by atoms with E-state index in [0.29, 0.717) is 11.3 Å². The fraction of sp³-hybridized carbons (Fsp3) is 0.294. The smallest absolute Gasteiger partial charge is 0.255 e. The van der Waals surface area contributed by atoms with Gasteiger partial charge in [0, 0.05) is 30.6 Å². The van der Waals surface area contributed by atoms with Crippen molar-refractivity contribution in [3.8, 4) is 5.75 Å². The topological polar surface area (TPSA) is 71.3 Å². The van der Waals surface area contributed by atoms with E-state index in [1.54, 1.807) is 31.4 Å². The van der Waals surface area contributed by atoms with Gasteiger partial charge in [-0.2, -0.15) is 0 Å². The Labute approximate surface area is 129 Å². The van der Waals surface area contributed by atoms with Gasteiger partial charge in [-0.3, -0.25) is 9.59 Å². The first-order chi connectivity index (χ1) is 10.3. The number of carbonyl (C=O) groups excluding carboxylic acids is 1. The molecule has 0 unspecified atom stereocenters. The fourth-order valence-electron chi connectivity index (χ4n) is 2.19. The third kappa shape index (κ3) is 3.19. The van der Waals surface area contributed by atoms with E-state index in [-0.39, 0.29) is 23.1 Å². The predicted octanol–water partition coefficient (Wildman–Crippen LogP) is 2.78. The van der Waals surface area contributed by atoms with Crippen LogP contribution in [-0.4, -0.2) is 15.6 Å². The average Bonchev–Trinajstić information content (AvgIpc) is 2.44. The number of phenolic OH excluding ortho intramolecular Hbond substituents is 1. The van der Waals surface area contributed by atoms with Gasteiger partial charge in [0.15, 0.2) is 0 Å². The zero-order valence-electron chi connectivity index (χ0n) is 13.2. The lowest BCUT2D eigenvalue weighted by atomic mass is 9.99. The number of nitrogens with zero attached hydrogens (tertiary/aromatic N) is 1. The van der Waals surface area contributed by atoms with Gasteiger partial charge in [-0.15, -0.1) is 0 Å². The van der Waals surface area contributed by atoms with Crippen molar-refractivity contribution >= 4 is 11.6 Å². The quantitative estimate of drug-likeness (QED) is 0.856. The van der Waals surface area contributed by atoms with Crippen molar-refractivity contribution in [1.82, 2.24) is 4.57 Å². The van der Waals surface area contributed by atoms with Gasteiger partial charge in [-0.1, -0.05) is 13.8 Å². The van der Waals surface area contributed by atoms with E-state index in [9.17, 15) is 14.7 Å². The molecule has 0 aliphatic heterocycles. The molecule has 0 bridgehead atoms. The van der Waals surface area contributed by atoms with E-state index in [2.05, 4.69) is 5.32 Å². The molecule has 0 atom stereocenters. The summed E-state index contributed by atoms with van der Waals surface area (Å²) in [6, 6.07) is 6.30. The van der Waals surface area contributed by atoms with Crippen molar-refractivity contribution in [2.24, 2.45) is 7.05 Å². The van der Waals surface area contributed by atoms with Crippen molar-refractivity contribution in [3.63, 3.8) is 0 Å². The number of hydrogen-bond acceptors (Lipinski definition) is 3. The molecule has 5 heteroatoms. The van der Waals surface area contributed by atoms with Crippen LogP contribution in [0.4, 0.5) is 5.69 Å². The second kappa shape index (κ2) is 6.05. The van der Waals surface area contributed by atoms with Crippen LogP contribution < -0.4 is 10.9 Å². The highest BCUT2D eigenvalue weighted by atomic mass is 16.3. The van der Waals surface area contributed by atoms with E-state index < -0.39 is 0 Å². The van der Waals surface area contributed by atoms with Crippen LogP contribution >= 0.6 is 0 Å². The van der Waals surface area contributed by atoms with Crippen LogP contribution in [0.2, 0.25) is 0 Å². The monoisotopic (exact) mass is 300 g/mol. The number of pyridine rings is 1. The van der Waals surface area contributed by atoms with E-state index in [0.717, 1.165) is 11.1 Å². The lowest BCUT2D eigenvalue weighted by Crippen LogP contribution is -2.20. The predicted molar refractivity (Wildman–Crippen MR) is 86.6 cm³/mol. The summed E-state index contributed by atoms with van der Waals surface area (Å²) in [6.07, 6.45) is 1.56. The van der Waals surface area contributed by atoms with Gasteiger partial charge in [-0.05, 0) is 42.2 Å². The standard InChI is InChI=1S/C17H20N2O3/c1-10(2)13-9-14(11(3)7-15(13)20)18-17(22)12-5-6-19(4)16(21)8-12/h5-10,20H,1-4H3,(H,18,22). The summed E-state index contributed by atoms with van der Waals surface area (Å²) >= 11 is 0. The molecule has 0 aliphatic carbocycles. The second-order valence-corrected chi connectivity index (χ2v) is 5.70. The molecular formula is C17H20N2O3. The summed E-state index contributed by atoms with van der Waals surface area (Å²) < 4.78 is 1.40. The average molecular weight is 300 g/mol. The third-order valence-corrected chi connectivity index (χ3v) is 3.61. The largest absolute Gasteiger partial charge is 0.508 e. The first kappa shape index (κ1) is 15.8. The molecule has 22 heavy (non-hydrogen) atoms. The number of hydrogen-bond donors (Lipinski definition) is 2. The van der Waals surface area contributed by atoms with Gasteiger partial charge in [0.25, 0.3) is 11.5 Å². The van der Waals surface area contributed by atoms with Crippen LogP contribution in [0.15, 0.2) is 35.3 Å². The number of rotatable bonds is 3. The number of carbonyl (C=O) groups is 1. The Morgan fingerprint density at radius 2 is 1.95 bits per heavy atom. The summed E-state index contributed by atoms with van der Waals surface area (Å²) in [6.45, 7) is 5.75. The number of aryl methyl sites for hydroxylation is 2. The Kier molecular flexibility index (Phi) is 4.35. The van der Waals surface area contributed by atoms with Crippen molar-refractivity contribution in [1.29, 1.82) is 0 Å². The normalized spacial score (nSPS) is 10.8. The summed E-state index contributed by atoms with van der Waals surface area (Å²) in [5.74, 6) is 0.0144. The van der Waals surface area contributed by atoms with Crippen molar-refractivity contribution in [2.75, 3.05) is 5.32 Å². The molecule has 0 aliphatic rings. The molecule has 1 aromatic carbocycles. The summed E-state index contributed by atoms with van der Waals surface area (Å²) in [4.78, 5) is 23.9. The minimum absolute atomic E-state index is 0.139. The molecule has 0 fully saturated rings. The Morgan fingerprint density at radius 1 is 1.27 bits per heavy atom. The maximum absolute atomic E-state index is 12.3. The molecule has 116 valence electrons. The SMILES string of the molecule is Cc1cc(O)c(C(C)C)cc1NC(=O)c1ccn(C)c(=O)c1. The highest BCUT2D eigenvalue weighted by molar-refractivity contribution is 6.04. The molecule has 1 heterocycles. The van der Waals surface area contributed by atoms with Crippen molar-refractivity contribution in [2.45, 2.75) is 26.7 Å². The lowest BCUT2D eigenvalue weighted by molar-refractivity contribution is 0.102. The first-order valence-corrected chi connectivity index (χ1v) is 7.11. The Balaban J connectivity index is 2.33. The molecule has 2 aromatic rings. The maximum atomic E-state index is 12.3. The van der Waals surface area contributed by atoms with Crippen LogP contribution in [0.5, 0.6) is 5.75 Å². The Morgan fingerprint density at radius 3 is 2.55 bits per heavy atom. The lowest BCUT2D eigenvalue weighted by Gasteiger charge is -2.14. The minimum atomic E-state index is -0.346. The molecule has 2 N–H and O–H groups in total. The number of aromatic nitrogens is 1. The first-order valence-electron chi connectivity index (χ1n) is 7.11. The summed E-state index contributed by atoms with van der Waals surface area (Å²) in [5.41, 5.74) is 2.23. The minimum Gasteiger partial charge on any atom is -0.508 e. The Hall–Kier alpha value is -2.56. The number of aromatic hydroxyl groups is 1. The number of amides is 1. The van der Waals surface area contributed by atoms with E-state index in [1.165, 1.54) is 10.6 Å². The fourth-order valence-corrected chi connectivity index (χ4v) is 2.19. The Bertz CT molecular complexity index is 776. The highest BCUT2D eigenvalue weighted by Gasteiger charge is 2.13. The molecule has 5 nitrogen and oxygen atoms in total. The van der Waals surface area contributed by atoms with Gasteiger partial charge < -0.3 is 15.0 Å². The van der Waals surface area contributed by atoms with E-state index in [4.69, 9.17) is 0 Å². The van der Waals surface area contributed by atoms with Crippen LogP contribution in [0.3, 0.4) is 0 Å². The number of phenols is 1. The number of anilines is 1. The second-order valence-electron chi connectivity index (χ2n) is 5.70.